The summed E-state index contributed by atoms with van der Waals surface area (Å²) < 4.78 is 0.106. The average molecular weight is 507 g/mol. The van der Waals surface area contributed by atoms with Gasteiger partial charge in [-0.1, -0.05) is 60.7 Å². The number of phenolic OH excluding ortho intramolecular Hbond substituents is 1. The number of halogens is 2. The molecule has 3 aromatic carbocycles. The zero-order chi connectivity index (χ0) is 21.7. The van der Waals surface area contributed by atoms with Gasteiger partial charge in [-0.05, 0) is 27.1 Å². The van der Waals surface area contributed by atoms with E-state index in [2.05, 4.69) is 26.5 Å². The number of hydrazone groups is 1. The first-order chi connectivity index (χ1) is 14.3. The predicted octanol–water partition coefficient (Wildman–Crippen LogP) is 3.87. The summed E-state index contributed by atoms with van der Waals surface area (Å²) in [6.45, 7) is 0. The van der Waals surface area contributed by atoms with Gasteiger partial charge in [0.15, 0.2) is 5.60 Å². The maximum atomic E-state index is 12.9. The van der Waals surface area contributed by atoms with Crippen LogP contribution in [0.25, 0.3) is 0 Å². The molecule has 0 aliphatic rings. The van der Waals surface area contributed by atoms with Crippen LogP contribution in [0.2, 0.25) is 0 Å². The van der Waals surface area contributed by atoms with Gasteiger partial charge in [0.05, 0.1) is 15.6 Å². The number of nitrogens with zero attached hydrogens (tertiary/aromatic N) is 2. The molecular formula is C21H17BrClN3O5. The third kappa shape index (κ3) is 5.08. The van der Waals surface area contributed by atoms with Gasteiger partial charge in [0.25, 0.3) is 11.6 Å². The molecule has 8 nitrogen and oxygen atoms in total. The standard InChI is InChI=1S/C21H16BrN3O5.ClH/c22-18-12-17(25(29)30)11-14(19(18)26)13-23-24-20(27)21(28,15-7-3-1-4-8-15)16-9-5-2-6-10-16;/h1-13,26,28H,(H,24,27);1H. The van der Waals surface area contributed by atoms with E-state index in [1.807, 2.05) is 0 Å². The van der Waals surface area contributed by atoms with Gasteiger partial charge >= 0.3 is 0 Å². The summed E-state index contributed by atoms with van der Waals surface area (Å²) in [6.07, 6.45) is 1.06. The predicted molar refractivity (Wildman–Crippen MR) is 121 cm³/mol. The number of phenols is 1. The van der Waals surface area contributed by atoms with Crippen LogP contribution < -0.4 is 5.43 Å². The van der Waals surface area contributed by atoms with E-state index in [0.29, 0.717) is 11.1 Å². The molecule has 0 aromatic heterocycles. The molecule has 0 unspecified atom stereocenters. The summed E-state index contributed by atoms with van der Waals surface area (Å²) in [7, 11) is 0. The molecule has 0 spiro atoms. The van der Waals surface area contributed by atoms with Gasteiger partial charge < -0.3 is 10.2 Å². The highest BCUT2D eigenvalue weighted by molar-refractivity contribution is 9.10. The van der Waals surface area contributed by atoms with E-state index in [9.17, 15) is 25.1 Å². The Hall–Kier alpha value is -3.27. The monoisotopic (exact) mass is 505 g/mol. The van der Waals surface area contributed by atoms with E-state index in [1.54, 1.807) is 60.7 Å². The van der Waals surface area contributed by atoms with Gasteiger partial charge in [0.2, 0.25) is 0 Å². The van der Waals surface area contributed by atoms with Crippen molar-refractivity contribution in [1.29, 1.82) is 0 Å². The largest absolute Gasteiger partial charge is 0.506 e. The normalized spacial score (nSPS) is 11.0. The van der Waals surface area contributed by atoms with Crippen molar-refractivity contribution in [2.45, 2.75) is 5.60 Å². The first-order valence-electron chi connectivity index (χ1n) is 8.68. The highest BCUT2D eigenvalue weighted by Crippen LogP contribution is 2.32. The number of hydrogen-bond acceptors (Lipinski definition) is 6. The molecule has 160 valence electrons. The third-order valence-corrected chi connectivity index (χ3v) is 4.97. The van der Waals surface area contributed by atoms with E-state index in [1.165, 1.54) is 0 Å². The number of amides is 1. The Kier molecular flexibility index (Phi) is 7.87. The van der Waals surface area contributed by atoms with E-state index < -0.39 is 16.4 Å². The number of nitrogens with one attached hydrogen (secondary N) is 1. The van der Waals surface area contributed by atoms with Gasteiger partial charge in [0, 0.05) is 17.7 Å². The van der Waals surface area contributed by atoms with Gasteiger partial charge in [-0.2, -0.15) is 5.10 Å². The van der Waals surface area contributed by atoms with Crippen molar-refractivity contribution in [3.63, 3.8) is 0 Å². The molecule has 0 radical (unpaired) electrons. The second-order valence-electron chi connectivity index (χ2n) is 6.26. The van der Waals surface area contributed by atoms with Crippen LogP contribution in [0, 0.1) is 10.1 Å². The Morgan fingerprint density at radius 1 is 1.06 bits per heavy atom. The van der Waals surface area contributed by atoms with Crippen LogP contribution >= 0.6 is 28.3 Å². The van der Waals surface area contributed by atoms with Gasteiger partial charge in [-0.25, -0.2) is 5.43 Å². The van der Waals surface area contributed by atoms with E-state index in [-0.39, 0.29) is 33.9 Å². The highest BCUT2D eigenvalue weighted by Gasteiger charge is 2.39. The van der Waals surface area contributed by atoms with Crippen molar-refractivity contribution in [2.24, 2.45) is 5.10 Å². The molecule has 0 bridgehead atoms. The zero-order valence-electron chi connectivity index (χ0n) is 15.8. The second kappa shape index (κ2) is 10.2. The Labute approximate surface area is 191 Å². The summed E-state index contributed by atoms with van der Waals surface area (Å²) in [6, 6.07) is 19.0. The number of carbonyl (C=O) groups excluding carboxylic acids is 1. The molecular weight excluding hydrogens is 490 g/mol. The minimum atomic E-state index is -2.02. The van der Waals surface area contributed by atoms with Crippen LogP contribution in [-0.2, 0) is 10.4 Å². The number of rotatable bonds is 6. The Balaban J connectivity index is 0.00000341. The van der Waals surface area contributed by atoms with Crippen molar-refractivity contribution < 1.29 is 19.9 Å². The number of carbonyl (C=O) groups is 1. The molecule has 3 aromatic rings. The topological polar surface area (TPSA) is 125 Å². The molecule has 0 aliphatic heterocycles. The maximum absolute atomic E-state index is 12.9. The first-order valence-corrected chi connectivity index (χ1v) is 9.47. The van der Waals surface area contributed by atoms with E-state index in [4.69, 9.17) is 0 Å². The van der Waals surface area contributed by atoms with Crippen molar-refractivity contribution in [3.05, 3.63) is 104 Å². The molecule has 0 aliphatic carbocycles. The van der Waals surface area contributed by atoms with E-state index in [0.717, 1.165) is 18.3 Å². The first kappa shape index (κ1) is 24.0. The van der Waals surface area contributed by atoms with E-state index >= 15 is 0 Å². The molecule has 0 fully saturated rings. The minimum absolute atomic E-state index is 0. The summed E-state index contributed by atoms with van der Waals surface area (Å²) in [4.78, 5) is 23.3. The van der Waals surface area contributed by atoms with Crippen molar-refractivity contribution in [1.82, 2.24) is 5.43 Å². The molecule has 1 amide bonds. The lowest BCUT2D eigenvalue weighted by Gasteiger charge is -2.27. The Bertz CT molecular complexity index is 1070. The lowest BCUT2D eigenvalue weighted by molar-refractivity contribution is -0.385. The summed E-state index contributed by atoms with van der Waals surface area (Å²) in [5, 5.41) is 36.1. The van der Waals surface area contributed by atoms with Crippen LogP contribution in [0.5, 0.6) is 5.75 Å². The van der Waals surface area contributed by atoms with Crippen LogP contribution in [0.15, 0.2) is 82.4 Å². The number of aliphatic hydroxyl groups is 1. The smallest absolute Gasteiger partial charge is 0.281 e. The fraction of sp³-hybridized carbons (Fsp3) is 0.0476. The van der Waals surface area contributed by atoms with Gasteiger partial charge in [0.1, 0.15) is 5.75 Å². The summed E-state index contributed by atoms with van der Waals surface area (Å²) in [5.74, 6) is -1.11. The number of non-ortho nitro benzene ring substituents is 1. The number of benzene rings is 3. The van der Waals surface area contributed by atoms with Gasteiger partial charge in [-0.3, -0.25) is 14.9 Å². The lowest BCUT2D eigenvalue weighted by atomic mass is 9.85. The molecule has 3 rings (SSSR count). The van der Waals surface area contributed by atoms with Crippen molar-refractivity contribution in [3.8, 4) is 5.75 Å². The molecule has 31 heavy (non-hydrogen) atoms. The Morgan fingerprint density at radius 2 is 1.58 bits per heavy atom. The molecule has 0 atom stereocenters. The zero-order valence-corrected chi connectivity index (χ0v) is 18.2. The van der Waals surface area contributed by atoms with Crippen LogP contribution in [0.3, 0.4) is 0 Å². The number of aromatic hydroxyl groups is 1. The number of nitro groups is 1. The molecule has 10 heteroatoms. The Morgan fingerprint density at radius 3 is 2.06 bits per heavy atom. The third-order valence-electron chi connectivity index (χ3n) is 4.37. The fourth-order valence-corrected chi connectivity index (χ4v) is 3.30. The molecule has 0 saturated heterocycles. The molecule has 0 saturated carbocycles. The minimum Gasteiger partial charge on any atom is -0.506 e. The van der Waals surface area contributed by atoms with Crippen LogP contribution in [-0.4, -0.2) is 27.3 Å². The summed E-state index contributed by atoms with van der Waals surface area (Å²) in [5.41, 5.74) is 0.648. The maximum Gasteiger partial charge on any atom is 0.281 e. The lowest BCUT2D eigenvalue weighted by Crippen LogP contribution is -2.43. The van der Waals surface area contributed by atoms with Crippen molar-refractivity contribution >= 4 is 46.1 Å². The molecule has 0 heterocycles. The van der Waals surface area contributed by atoms with Crippen LogP contribution in [0.4, 0.5) is 5.69 Å². The van der Waals surface area contributed by atoms with Crippen LogP contribution in [0.1, 0.15) is 16.7 Å². The quantitative estimate of drug-likeness (QED) is 0.266. The number of nitro benzene ring substituents is 1. The van der Waals surface area contributed by atoms with Crippen molar-refractivity contribution in [2.75, 3.05) is 0 Å². The average Bonchev–Trinajstić information content (AvgIpc) is 2.76. The van der Waals surface area contributed by atoms with Gasteiger partial charge in [-0.15, -0.1) is 12.4 Å². The summed E-state index contributed by atoms with van der Waals surface area (Å²) >= 11 is 3.04. The number of hydrogen-bond donors (Lipinski definition) is 3. The second-order valence-corrected chi connectivity index (χ2v) is 7.12. The molecule has 3 N–H and O–H groups in total. The highest BCUT2D eigenvalue weighted by atomic mass is 79.9. The SMILES string of the molecule is Cl.O=C(NN=Cc1cc([N+](=O)[O-])cc(Br)c1O)C(O)(c1ccccc1)c1ccccc1. The fourth-order valence-electron chi connectivity index (χ4n) is 2.84.